The van der Waals surface area contributed by atoms with Crippen LogP contribution in [-0.4, -0.2) is 57.4 Å². The normalized spacial score (nSPS) is 19.5. The van der Waals surface area contributed by atoms with Gasteiger partial charge in [-0.15, -0.1) is 0 Å². The molecule has 31 heavy (non-hydrogen) atoms. The number of piperazine rings is 1. The third kappa shape index (κ3) is 3.25. The molecular weight excluding hydrogens is 415 g/mol. The van der Waals surface area contributed by atoms with Crippen LogP contribution in [0.2, 0.25) is 0 Å². The van der Waals surface area contributed by atoms with E-state index in [1.54, 1.807) is 17.0 Å². The van der Waals surface area contributed by atoms with E-state index in [0.29, 0.717) is 23.5 Å². The molecule has 160 valence electrons. The number of hydrogen-bond acceptors (Lipinski definition) is 6. The highest BCUT2D eigenvalue weighted by atomic mass is 19.4. The molecule has 1 unspecified atom stereocenters. The predicted octanol–water partition coefficient (Wildman–Crippen LogP) is 2.89. The quantitative estimate of drug-likeness (QED) is 0.593. The van der Waals surface area contributed by atoms with Crippen molar-refractivity contribution in [1.82, 2.24) is 19.8 Å². The van der Waals surface area contributed by atoms with Crippen LogP contribution in [0.3, 0.4) is 0 Å². The van der Waals surface area contributed by atoms with Crippen LogP contribution >= 0.6 is 0 Å². The molecule has 3 amide bonds. The Morgan fingerprint density at radius 3 is 2.71 bits per heavy atom. The van der Waals surface area contributed by atoms with Gasteiger partial charge in [0.05, 0.1) is 18.3 Å². The fourth-order valence-corrected chi connectivity index (χ4v) is 4.00. The lowest BCUT2D eigenvalue weighted by molar-refractivity contribution is -0.141. The Bertz CT molecular complexity index is 1160. The average Bonchev–Trinajstić information content (AvgIpc) is 3.35. The Labute approximate surface area is 173 Å². The molecule has 2 fully saturated rings. The standard InChI is InChI=1S/C20H16F3N5O3/c21-20(22,23)16-4-3-13-14(25-16)5-6-24-17(13)26-7-8-27-15(11-26)18(29)28(19(27)30)10-12-2-1-9-31-12/h1-6,9,15H,7-8,10-11H2. The summed E-state index contributed by atoms with van der Waals surface area (Å²) in [6, 6.07) is 5.96. The third-order valence-corrected chi connectivity index (χ3v) is 5.49. The lowest BCUT2D eigenvalue weighted by atomic mass is 10.1. The predicted molar refractivity (Wildman–Crippen MR) is 102 cm³/mol. The molecule has 0 spiro atoms. The van der Waals surface area contributed by atoms with Crippen LogP contribution in [0.15, 0.2) is 47.2 Å². The van der Waals surface area contributed by atoms with Gasteiger partial charge < -0.3 is 14.2 Å². The molecule has 8 nitrogen and oxygen atoms in total. The Balaban J connectivity index is 1.42. The fourth-order valence-electron chi connectivity index (χ4n) is 4.00. The number of amides is 3. The topological polar surface area (TPSA) is 82.8 Å². The third-order valence-electron chi connectivity index (χ3n) is 5.49. The van der Waals surface area contributed by atoms with E-state index in [1.807, 2.05) is 0 Å². The van der Waals surface area contributed by atoms with Crippen molar-refractivity contribution in [1.29, 1.82) is 0 Å². The molecule has 5 rings (SSSR count). The van der Waals surface area contributed by atoms with E-state index < -0.39 is 17.9 Å². The second-order valence-electron chi connectivity index (χ2n) is 7.34. The van der Waals surface area contributed by atoms with Crippen molar-refractivity contribution in [2.45, 2.75) is 18.8 Å². The van der Waals surface area contributed by atoms with E-state index in [9.17, 15) is 22.8 Å². The first kappa shape index (κ1) is 19.3. The molecule has 0 N–H and O–H groups in total. The number of nitrogens with zero attached hydrogens (tertiary/aromatic N) is 5. The Kier molecular flexibility index (Phi) is 4.34. The van der Waals surface area contributed by atoms with Crippen molar-refractivity contribution < 1.29 is 27.2 Å². The number of hydrogen-bond donors (Lipinski definition) is 0. The SMILES string of the molecule is O=C1C2CN(c3nccc4nc(C(F)(F)F)ccc34)CCN2C(=O)N1Cc1ccco1. The van der Waals surface area contributed by atoms with E-state index in [1.165, 1.54) is 29.5 Å². The molecule has 3 aromatic rings. The van der Waals surface area contributed by atoms with Crippen LogP contribution in [-0.2, 0) is 17.5 Å². The van der Waals surface area contributed by atoms with Gasteiger partial charge in [0, 0.05) is 31.2 Å². The zero-order valence-corrected chi connectivity index (χ0v) is 16.0. The molecule has 0 radical (unpaired) electrons. The van der Waals surface area contributed by atoms with Gasteiger partial charge in [0.2, 0.25) is 0 Å². The summed E-state index contributed by atoms with van der Waals surface area (Å²) < 4.78 is 44.2. The van der Waals surface area contributed by atoms with Gasteiger partial charge in [0.1, 0.15) is 23.3 Å². The second-order valence-corrected chi connectivity index (χ2v) is 7.34. The van der Waals surface area contributed by atoms with E-state index in [4.69, 9.17) is 4.42 Å². The van der Waals surface area contributed by atoms with E-state index in [0.717, 1.165) is 11.0 Å². The van der Waals surface area contributed by atoms with Crippen molar-refractivity contribution in [2.24, 2.45) is 0 Å². The minimum atomic E-state index is -4.54. The van der Waals surface area contributed by atoms with Crippen molar-refractivity contribution in [3.8, 4) is 0 Å². The molecule has 5 heterocycles. The highest BCUT2D eigenvalue weighted by molar-refractivity contribution is 6.05. The fraction of sp³-hybridized carbons (Fsp3) is 0.300. The van der Waals surface area contributed by atoms with E-state index in [2.05, 4.69) is 9.97 Å². The molecule has 2 aliphatic rings. The summed E-state index contributed by atoms with van der Waals surface area (Å²) in [6.45, 7) is 0.911. The Morgan fingerprint density at radius 1 is 1.13 bits per heavy atom. The van der Waals surface area contributed by atoms with Crippen LogP contribution in [0.1, 0.15) is 11.5 Å². The monoisotopic (exact) mass is 431 g/mol. The lowest BCUT2D eigenvalue weighted by Crippen LogP contribution is -2.53. The molecule has 11 heteroatoms. The highest BCUT2D eigenvalue weighted by Crippen LogP contribution is 2.33. The lowest BCUT2D eigenvalue weighted by Gasteiger charge is -2.36. The van der Waals surface area contributed by atoms with Gasteiger partial charge in [0.25, 0.3) is 5.91 Å². The number of furan rings is 1. The maximum atomic E-state index is 13.0. The smallest absolute Gasteiger partial charge is 0.433 e. The van der Waals surface area contributed by atoms with Crippen LogP contribution in [0, 0.1) is 0 Å². The molecular formula is C20H16F3N5O3. The molecule has 0 aromatic carbocycles. The van der Waals surface area contributed by atoms with Gasteiger partial charge in [-0.25, -0.2) is 14.8 Å². The first-order valence-electron chi connectivity index (χ1n) is 9.55. The van der Waals surface area contributed by atoms with Crippen molar-refractivity contribution in [3.05, 3.63) is 54.2 Å². The van der Waals surface area contributed by atoms with Gasteiger partial charge in [-0.2, -0.15) is 13.2 Å². The first-order valence-corrected chi connectivity index (χ1v) is 9.55. The minimum absolute atomic E-state index is 0.0499. The summed E-state index contributed by atoms with van der Waals surface area (Å²) in [4.78, 5) is 38.1. The Morgan fingerprint density at radius 2 is 1.97 bits per heavy atom. The molecule has 0 aliphatic carbocycles. The minimum Gasteiger partial charge on any atom is -0.467 e. The number of aromatic nitrogens is 2. The van der Waals surface area contributed by atoms with Crippen LogP contribution in [0.4, 0.5) is 23.8 Å². The number of halogens is 3. The summed E-state index contributed by atoms with van der Waals surface area (Å²) in [5, 5.41) is 0.452. The van der Waals surface area contributed by atoms with Gasteiger partial charge >= 0.3 is 12.2 Å². The van der Waals surface area contributed by atoms with Gasteiger partial charge in [-0.3, -0.25) is 9.69 Å². The maximum absolute atomic E-state index is 13.0. The average molecular weight is 431 g/mol. The zero-order chi connectivity index (χ0) is 21.8. The summed E-state index contributed by atoms with van der Waals surface area (Å²) in [7, 11) is 0. The van der Waals surface area contributed by atoms with Gasteiger partial charge in [0.15, 0.2) is 0 Å². The van der Waals surface area contributed by atoms with E-state index in [-0.39, 0.29) is 37.1 Å². The van der Waals surface area contributed by atoms with Crippen molar-refractivity contribution in [2.75, 3.05) is 24.5 Å². The number of carbonyl (C=O) groups is 2. The summed E-state index contributed by atoms with van der Waals surface area (Å²) in [5.74, 6) is 0.590. The van der Waals surface area contributed by atoms with Crippen molar-refractivity contribution in [3.63, 3.8) is 0 Å². The van der Waals surface area contributed by atoms with Crippen LogP contribution in [0.5, 0.6) is 0 Å². The second kappa shape index (κ2) is 6.96. The first-order chi connectivity index (χ1) is 14.8. The number of alkyl halides is 3. The number of fused-ring (bicyclic) bond motifs is 2. The molecule has 0 bridgehead atoms. The summed E-state index contributed by atoms with van der Waals surface area (Å²) in [6.07, 6.45) is -1.68. The number of anilines is 1. The molecule has 2 aliphatic heterocycles. The van der Waals surface area contributed by atoms with Crippen LogP contribution in [0.25, 0.3) is 10.9 Å². The number of urea groups is 1. The number of carbonyl (C=O) groups excluding carboxylic acids is 2. The van der Waals surface area contributed by atoms with E-state index >= 15 is 0 Å². The maximum Gasteiger partial charge on any atom is 0.433 e. The molecule has 2 saturated heterocycles. The highest BCUT2D eigenvalue weighted by Gasteiger charge is 2.48. The largest absolute Gasteiger partial charge is 0.467 e. The molecule has 1 atom stereocenters. The molecule has 0 saturated carbocycles. The Hall–Kier alpha value is -3.63. The summed E-state index contributed by atoms with van der Waals surface area (Å²) >= 11 is 0. The van der Waals surface area contributed by atoms with Gasteiger partial charge in [-0.05, 0) is 30.3 Å². The van der Waals surface area contributed by atoms with Gasteiger partial charge in [-0.1, -0.05) is 0 Å². The van der Waals surface area contributed by atoms with Crippen molar-refractivity contribution >= 4 is 28.7 Å². The number of imide groups is 1. The van der Waals surface area contributed by atoms with Crippen LogP contribution < -0.4 is 4.90 Å². The number of pyridine rings is 2. The number of rotatable bonds is 3. The zero-order valence-electron chi connectivity index (χ0n) is 16.0. The summed E-state index contributed by atoms with van der Waals surface area (Å²) in [5.41, 5.74) is -0.817. The molecule has 3 aromatic heterocycles.